The van der Waals surface area contributed by atoms with Gasteiger partial charge in [0.05, 0.1) is 18.8 Å². The maximum Gasteiger partial charge on any atom is 0.257 e. The monoisotopic (exact) mass is 243 g/mol. The van der Waals surface area contributed by atoms with Crippen LogP contribution in [0.3, 0.4) is 0 Å². The van der Waals surface area contributed by atoms with Crippen LogP contribution in [0.2, 0.25) is 0 Å². The smallest absolute Gasteiger partial charge is 0.257 e. The van der Waals surface area contributed by atoms with Crippen LogP contribution in [0.4, 0.5) is 10.2 Å². The molecule has 0 aliphatic heterocycles. The molecule has 0 radical (unpaired) electrons. The normalized spacial score (nSPS) is 10.3. The van der Waals surface area contributed by atoms with Gasteiger partial charge < -0.3 is 20.8 Å². The van der Waals surface area contributed by atoms with Crippen LogP contribution in [0.25, 0.3) is 0 Å². The summed E-state index contributed by atoms with van der Waals surface area (Å²) in [6.07, 6.45) is 1.22. The Morgan fingerprint density at radius 2 is 2.00 bits per heavy atom. The number of nitrogens with zero attached hydrogens (tertiary/aromatic N) is 2. The van der Waals surface area contributed by atoms with Gasteiger partial charge in [-0.05, 0) is 6.07 Å². The van der Waals surface area contributed by atoms with Gasteiger partial charge in [-0.3, -0.25) is 4.79 Å². The number of aliphatic hydroxyl groups is 2. The van der Waals surface area contributed by atoms with Gasteiger partial charge in [-0.1, -0.05) is 0 Å². The van der Waals surface area contributed by atoms with Gasteiger partial charge in [-0.2, -0.15) is 0 Å². The predicted octanol–water partition coefficient (Wildman–Crippen LogP) is -0.770. The summed E-state index contributed by atoms with van der Waals surface area (Å²) in [5.41, 5.74) is 5.03. The minimum atomic E-state index is -0.890. The minimum absolute atomic E-state index is 0.0149. The second kappa shape index (κ2) is 6.12. The number of carbonyl (C=O) groups is 1. The van der Waals surface area contributed by atoms with E-state index in [0.29, 0.717) is 0 Å². The van der Waals surface area contributed by atoms with Gasteiger partial charge in [0.25, 0.3) is 5.91 Å². The van der Waals surface area contributed by atoms with E-state index in [4.69, 9.17) is 15.9 Å². The van der Waals surface area contributed by atoms with Crippen molar-refractivity contribution in [3.8, 4) is 0 Å². The van der Waals surface area contributed by atoms with Crippen molar-refractivity contribution in [2.75, 3.05) is 32.0 Å². The Bertz CT molecular complexity index is 394. The molecule has 1 rings (SSSR count). The van der Waals surface area contributed by atoms with Crippen LogP contribution in [0.5, 0.6) is 0 Å². The number of halogens is 1. The summed E-state index contributed by atoms with van der Waals surface area (Å²) in [6, 6.07) is 1.20. The van der Waals surface area contributed by atoms with Crippen molar-refractivity contribution in [2.45, 2.75) is 0 Å². The average molecular weight is 243 g/mol. The highest BCUT2D eigenvalue weighted by molar-refractivity contribution is 5.95. The molecule has 1 amide bonds. The van der Waals surface area contributed by atoms with Gasteiger partial charge in [0.15, 0.2) is 11.6 Å². The Morgan fingerprint density at radius 1 is 1.41 bits per heavy atom. The SMILES string of the molecule is Nc1nccc(C(=O)N(CCO)CCO)c1F. The Hall–Kier alpha value is -1.73. The van der Waals surface area contributed by atoms with E-state index in [9.17, 15) is 9.18 Å². The van der Waals surface area contributed by atoms with Gasteiger partial charge in [0, 0.05) is 19.3 Å². The Balaban J connectivity index is 2.96. The maximum atomic E-state index is 13.5. The summed E-state index contributed by atoms with van der Waals surface area (Å²) >= 11 is 0. The molecule has 0 fully saturated rings. The number of carbonyl (C=O) groups excluding carboxylic acids is 1. The van der Waals surface area contributed by atoms with E-state index >= 15 is 0 Å². The number of hydrogen-bond acceptors (Lipinski definition) is 5. The molecule has 4 N–H and O–H groups in total. The van der Waals surface area contributed by atoms with E-state index < -0.39 is 11.7 Å². The number of pyridine rings is 1. The minimum Gasteiger partial charge on any atom is -0.395 e. The van der Waals surface area contributed by atoms with Crippen molar-refractivity contribution < 1.29 is 19.4 Å². The van der Waals surface area contributed by atoms with Gasteiger partial charge >= 0.3 is 0 Å². The molecule has 0 unspecified atom stereocenters. The highest BCUT2D eigenvalue weighted by Crippen LogP contribution is 2.14. The van der Waals surface area contributed by atoms with E-state index in [1.165, 1.54) is 12.3 Å². The molecule has 0 aliphatic carbocycles. The molecule has 0 saturated carbocycles. The number of anilines is 1. The van der Waals surface area contributed by atoms with Crippen molar-refractivity contribution in [1.82, 2.24) is 9.88 Å². The molecule has 0 aliphatic rings. The topological polar surface area (TPSA) is 99.7 Å². The summed E-state index contributed by atoms with van der Waals surface area (Å²) in [5, 5.41) is 17.6. The molecule has 0 atom stereocenters. The lowest BCUT2D eigenvalue weighted by atomic mass is 10.2. The molecule has 0 spiro atoms. The lowest BCUT2D eigenvalue weighted by Crippen LogP contribution is -2.36. The number of hydrogen-bond donors (Lipinski definition) is 3. The summed E-state index contributed by atoms with van der Waals surface area (Å²) in [5.74, 6) is -1.89. The van der Waals surface area contributed by atoms with Crippen molar-refractivity contribution in [3.63, 3.8) is 0 Å². The van der Waals surface area contributed by atoms with Gasteiger partial charge in [0.2, 0.25) is 0 Å². The molecule has 7 heteroatoms. The first kappa shape index (κ1) is 13.3. The number of aromatic nitrogens is 1. The quantitative estimate of drug-likeness (QED) is 0.630. The first-order chi connectivity index (χ1) is 8.11. The van der Waals surface area contributed by atoms with E-state index in [1.807, 2.05) is 0 Å². The highest BCUT2D eigenvalue weighted by Gasteiger charge is 2.20. The van der Waals surface area contributed by atoms with Gasteiger partial charge in [-0.25, -0.2) is 9.37 Å². The van der Waals surface area contributed by atoms with E-state index in [1.54, 1.807) is 0 Å². The lowest BCUT2D eigenvalue weighted by Gasteiger charge is -2.20. The second-order valence-corrected chi connectivity index (χ2v) is 3.30. The molecule has 0 aromatic carbocycles. The Kier molecular flexibility index (Phi) is 4.80. The van der Waals surface area contributed by atoms with Crippen molar-refractivity contribution in [2.24, 2.45) is 0 Å². The second-order valence-electron chi connectivity index (χ2n) is 3.30. The average Bonchev–Trinajstić information content (AvgIpc) is 2.31. The first-order valence-electron chi connectivity index (χ1n) is 5.02. The molecule has 0 saturated heterocycles. The fraction of sp³-hybridized carbons (Fsp3) is 0.400. The molecular weight excluding hydrogens is 229 g/mol. The highest BCUT2D eigenvalue weighted by atomic mass is 19.1. The zero-order valence-corrected chi connectivity index (χ0v) is 9.14. The molecule has 0 bridgehead atoms. The number of rotatable bonds is 5. The van der Waals surface area contributed by atoms with Crippen LogP contribution in [0.1, 0.15) is 10.4 Å². The van der Waals surface area contributed by atoms with E-state index in [-0.39, 0.29) is 37.7 Å². The third kappa shape index (κ3) is 3.11. The van der Waals surface area contributed by atoms with E-state index in [2.05, 4.69) is 4.98 Å². The largest absolute Gasteiger partial charge is 0.395 e. The molecule has 94 valence electrons. The molecule has 1 aromatic heterocycles. The Morgan fingerprint density at radius 3 is 2.53 bits per heavy atom. The lowest BCUT2D eigenvalue weighted by molar-refractivity contribution is 0.0680. The first-order valence-corrected chi connectivity index (χ1v) is 5.02. The third-order valence-corrected chi connectivity index (χ3v) is 2.17. The van der Waals surface area contributed by atoms with Crippen molar-refractivity contribution in [3.05, 3.63) is 23.6 Å². The summed E-state index contributed by atoms with van der Waals surface area (Å²) in [4.78, 5) is 16.5. The molecule has 1 heterocycles. The van der Waals surface area contributed by atoms with Crippen LogP contribution in [0.15, 0.2) is 12.3 Å². The van der Waals surface area contributed by atoms with Crippen LogP contribution in [-0.2, 0) is 0 Å². The summed E-state index contributed by atoms with van der Waals surface area (Å²) in [6.45, 7) is -0.510. The van der Waals surface area contributed by atoms with Crippen LogP contribution >= 0.6 is 0 Å². The number of aliphatic hydroxyl groups excluding tert-OH is 2. The fourth-order valence-corrected chi connectivity index (χ4v) is 1.35. The summed E-state index contributed by atoms with van der Waals surface area (Å²) < 4.78 is 13.5. The van der Waals surface area contributed by atoms with E-state index in [0.717, 1.165) is 4.90 Å². The van der Waals surface area contributed by atoms with Gasteiger partial charge in [-0.15, -0.1) is 0 Å². The molecular formula is C10H14FN3O3. The van der Waals surface area contributed by atoms with Crippen LogP contribution < -0.4 is 5.73 Å². The molecule has 6 nitrogen and oxygen atoms in total. The molecule has 1 aromatic rings. The number of nitrogen functional groups attached to an aromatic ring is 1. The van der Waals surface area contributed by atoms with Crippen molar-refractivity contribution >= 4 is 11.7 Å². The molecule has 17 heavy (non-hydrogen) atoms. The third-order valence-electron chi connectivity index (χ3n) is 2.17. The number of nitrogens with two attached hydrogens (primary N) is 1. The summed E-state index contributed by atoms with van der Waals surface area (Å²) in [7, 11) is 0. The zero-order chi connectivity index (χ0) is 12.8. The van der Waals surface area contributed by atoms with Crippen LogP contribution in [-0.4, -0.2) is 52.3 Å². The fourth-order valence-electron chi connectivity index (χ4n) is 1.35. The predicted molar refractivity (Wildman–Crippen MR) is 58.7 cm³/mol. The standard InChI is InChI=1S/C10H14FN3O3/c11-8-7(1-2-13-9(8)12)10(17)14(3-5-15)4-6-16/h1-2,15-16H,3-6H2,(H2,12,13). The van der Waals surface area contributed by atoms with Crippen molar-refractivity contribution in [1.29, 1.82) is 0 Å². The Labute approximate surface area is 97.5 Å². The number of amides is 1. The zero-order valence-electron chi connectivity index (χ0n) is 9.14. The van der Waals surface area contributed by atoms with Gasteiger partial charge in [0.1, 0.15) is 0 Å². The van der Waals surface area contributed by atoms with Crippen LogP contribution in [0, 0.1) is 5.82 Å². The maximum absolute atomic E-state index is 13.5.